The van der Waals surface area contributed by atoms with E-state index in [0.29, 0.717) is 0 Å². The summed E-state index contributed by atoms with van der Waals surface area (Å²) in [5, 5.41) is 52.1. The molecule has 0 unspecified atom stereocenters. The summed E-state index contributed by atoms with van der Waals surface area (Å²) in [6.45, 7) is 0.558. The number of carboxylic acid groups (broad SMARTS) is 1. The Morgan fingerprint density at radius 1 is 1.12 bits per heavy atom. The lowest BCUT2D eigenvalue weighted by Gasteiger charge is -2.37. The second-order valence-corrected chi connectivity index (χ2v) is 3.24. The van der Waals surface area contributed by atoms with E-state index in [-0.39, 0.29) is 0 Å². The molecule has 5 atom stereocenters. The van der Waals surface area contributed by atoms with Gasteiger partial charge >= 0.3 is 0 Å². The number of aliphatic hydroxyl groups excluding tert-OH is 5. The van der Waals surface area contributed by atoms with Gasteiger partial charge in [-0.25, -0.2) is 0 Å². The Labute approximate surface area is 91.3 Å². The highest BCUT2D eigenvalue weighted by Gasteiger charge is 2.42. The van der Waals surface area contributed by atoms with Crippen LogP contribution in [0.1, 0.15) is 6.92 Å². The summed E-state index contributed by atoms with van der Waals surface area (Å²) in [6, 6.07) is 0. The van der Waals surface area contributed by atoms with E-state index in [4.69, 9.17) is 35.4 Å². The average molecular weight is 240 g/mol. The zero-order valence-electron chi connectivity index (χ0n) is 8.59. The van der Waals surface area contributed by atoms with Crippen LogP contribution in [0.4, 0.5) is 0 Å². The first kappa shape index (κ1) is 15.2. The number of aliphatic hydroxyl groups is 5. The molecule has 6 N–H and O–H groups in total. The maximum atomic E-state index is 9.12. The summed E-state index contributed by atoms with van der Waals surface area (Å²) in [5.41, 5.74) is 0. The van der Waals surface area contributed by atoms with E-state index in [2.05, 4.69) is 4.74 Å². The van der Waals surface area contributed by atoms with Crippen LogP contribution in [-0.4, -0.2) is 73.9 Å². The third-order valence-electron chi connectivity index (χ3n) is 1.87. The Balaban J connectivity index is 0.000000487. The van der Waals surface area contributed by atoms with Crippen molar-refractivity contribution in [1.82, 2.24) is 0 Å². The highest BCUT2D eigenvalue weighted by Crippen LogP contribution is 2.18. The normalized spacial score (nSPS) is 38.5. The van der Waals surface area contributed by atoms with E-state index in [1.54, 1.807) is 0 Å². The molecule has 0 aromatic carbocycles. The quantitative estimate of drug-likeness (QED) is 0.282. The highest BCUT2D eigenvalue weighted by atomic mass is 16.6. The topological polar surface area (TPSA) is 148 Å². The van der Waals surface area contributed by atoms with E-state index in [0.717, 1.165) is 6.92 Å². The monoisotopic (exact) mass is 240 g/mol. The fourth-order valence-corrected chi connectivity index (χ4v) is 1.08. The maximum absolute atomic E-state index is 9.12. The van der Waals surface area contributed by atoms with E-state index in [9.17, 15) is 0 Å². The van der Waals surface area contributed by atoms with Gasteiger partial charge in [0.2, 0.25) is 0 Å². The molecule has 0 aromatic rings. The predicted molar refractivity (Wildman–Crippen MR) is 49.3 cm³/mol. The molecule has 0 aromatic heterocycles. The molecule has 0 amide bonds. The minimum Gasteiger partial charge on any atom is -0.481 e. The third kappa shape index (κ3) is 4.39. The molecule has 0 radical (unpaired) electrons. The van der Waals surface area contributed by atoms with Crippen molar-refractivity contribution in [3.63, 3.8) is 0 Å². The van der Waals surface area contributed by atoms with Crippen LogP contribution in [0.15, 0.2) is 0 Å². The molecule has 0 spiro atoms. The van der Waals surface area contributed by atoms with E-state index in [1.807, 2.05) is 0 Å². The molecule has 1 aliphatic rings. The second kappa shape index (κ2) is 6.74. The van der Waals surface area contributed by atoms with Gasteiger partial charge in [0, 0.05) is 6.92 Å². The van der Waals surface area contributed by atoms with Gasteiger partial charge in [0.05, 0.1) is 6.61 Å². The molecule has 16 heavy (non-hydrogen) atoms. The molecule has 1 heterocycles. The molecule has 1 rings (SSSR count). The van der Waals surface area contributed by atoms with Crippen molar-refractivity contribution in [2.24, 2.45) is 0 Å². The minimum absolute atomic E-state index is 0.526. The summed E-state index contributed by atoms with van der Waals surface area (Å²) < 4.78 is 4.58. The molecule has 1 aliphatic heterocycles. The number of carbonyl (C=O) groups is 1. The lowest BCUT2D eigenvalue weighted by molar-refractivity contribution is -0.286. The molecule has 8 heteroatoms. The van der Waals surface area contributed by atoms with Crippen molar-refractivity contribution in [2.45, 2.75) is 37.6 Å². The fraction of sp³-hybridized carbons (Fsp3) is 0.875. The van der Waals surface area contributed by atoms with Gasteiger partial charge in [-0.2, -0.15) is 0 Å². The second-order valence-electron chi connectivity index (χ2n) is 3.24. The van der Waals surface area contributed by atoms with Crippen molar-refractivity contribution in [2.75, 3.05) is 6.61 Å². The zero-order valence-corrected chi connectivity index (χ0v) is 8.59. The first-order valence-electron chi connectivity index (χ1n) is 4.49. The lowest BCUT2D eigenvalue weighted by atomic mass is 10.00. The summed E-state index contributed by atoms with van der Waals surface area (Å²) in [7, 11) is 0. The van der Waals surface area contributed by atoms with Gasteiger partial charge in [0.15, 0.2) is 6.29 Å². The smallest absolute Gasteiger partial charge is 0.300 e. The van der Waals surface area contributed by atoms with Crippen molar-refractivity contribution in [3.8, 4) is 0 Å². The van der Waals surface area contributed by atoms with Crippen molar-refractivity contribution >= 4 is 5.97 Å². The van der Waals surface area contributed by atoms with Crippen molar-refractivity contribution < 1.29 is 40.2 Å². The SMILES string of the molecule is CC(=O)O.OC[C@H]1O[C@H](O)[C@@H](O)[C@@H](O)[C@@H]1O. The van der Waals surface area contributed by atoms with Gasteiger partial charge in [0.25, 0.3) is 5.97 Å². The first-order chi connectivity index (χ1) is 7.31. The molecule has 0 saturated carbocycles. The van der Waals surface area contributed by atoms with Crippen LogP contribution in [0.5, 0.6) is 0 Å². The molecule has 1 fully saturated rings. The van der Waals surface area contributed by atoms with Crippen LogP contribution in [0.3, 0.4) is 0 Å². The molecule has 96 valence electrons. The number of hydrogen-bond donors (Lipinski definition) is 6. The zero-order chi connectivity index (χ0) is 12.9. The van der Waals surface area contributed by atoms with Gasteiger partial charge in [-0.15, -0.1) is 0 Å². The fourth-order valence-electron chi connectivity index (χ4n) is 1.08. The minimum atomic E-state index is -1.57. The molecular weight excluding hydrogens is 224 g/mol. The third-order valence-corrected chi connectivity index (χ3v) is 1.87. The molecule has 8 nitrogen and oxygen atoms in total. The van der Waals surface area contributed by atoms with Gasteiger partial charge in [-0.3, -0.25) is 4.79 Å². The number of ether oxygens (including phenoxy) is 1. The summed E-state index contributed by atoms with van der Waals surface area (Å²) >= 11 is 0. The average Bonchev–Trinajstić information content (AvgIpc) is 2.19. The van der Waals surface area contributed by atoms with Crippen LogP contribution in [0, 0.1) is 0 Å². The Morgan fingerprint density at radius 3 is 1.94 bits per heavy atom. The van der Waals surface area contributed by atoms with Gasteiger partial charge in [0.1, 0.15) is 24.4 Å². The van der Waals surface area contributed by atoms with E-state index < -0.39 is 43.3 Å². The van der Waals surface area contributed by atoms with Crippen LogP contribution in [0.2, 0.25) is 0 Å². The summed E-state index contributed by atoms with van der Waals surface area (Å²) in [4.78, 5) is 9.00. The summed E-state index contributed by atoms with van der Waals surface area (Å²) in [5.74, 6) is -0.833. The van der Waals surface area contributed by atoms with Gasteiger partial charge < -0.3 is 35.4 Å². The number of aliphatic carboxylic acids is 1. The van der Waals surface area contributed by atoms with E-state index in [1.165, 1.54) is 0 Å². The Bertz CT molecular complexity index is 211. The van der Waals surface area contributed by atoms with Crippen molar-refractivity contribution in [3.05, 3.63) is 0 Å². The van der Waals surface area contributed by atoms with Crippen LogP contribution in [-0.2, 0) is 9.53 Å². The van der Waals surface area contributed by atoms with Crippen LogP contribution in [0.25, 0.3) is 0 Å². The molecule has 1 saturated heterocycles. The molecular formula is C8H16O8. The number of carboxylic acids is 1. The Hall–Kier alpha value is -0.770. The lowest BCUT2D eigenvalue weighted by Crippen LogP contribution is -2.58. The maximum Gasteiger partial charge on any atom is 0.300 e. The summed E-state index contributed by atoms with van der Waals surface area (Å²) in [6.07, 6.45) is -7.04. The Morgan fingerprint density at radius 2 is 1.56 bits per heavy atom. The van der Waals surface area contributed by atoms with Crippen LogP contribution >= 0.6 is 0 Å². The largest absolute Gasteiger partial charge is 0.481 e. The predicted octanol–water partition coefficient (Wildman–Crippen LogP) is -3.13. The first-order valence-corrected chi connectivity index (χ1v) is 4.49. The molecule has 0 aliphatic carbocycles. The van der Waals surface area contributed by atoms with Crippen LogP contribution < -0.4 is 0 Å². The number of rotatable bonds is 1. The highest BCUT2D eigenvalue weighted by molar-refractivity contribution is 5.62. The standard InChI is InChI=1S/C6H12O6.C2H4O2/c7-1-2-3(8)4(9)5(10)6(11)12-2;1-2(3)4/h2-11H,1H2;1H3,(H,3,4)/t2-,3-,4+,5+,6+;/m1./s1. The number of hydrogen-bond acceptors (Lipinski definition) is 7. The molecule has 0 bridgehead atoms. The Kier molecular flexibility index (Phi) is 6.41. The van der Waals surface area contributed by atoms with E-state index >= 15 is 0 Å². The van der Waals surface area contributed by atoms with Gasteiger partial charge in [-0.05, 0) is 0 Å². The van der Waals surface area contributed by atoms with Crippen molar-refractivity contribution in [1.29, 1.82) is 0 Å². The van der Waals surface area contributed by atoms with Gasteiger partial charge in [-0.1, -0.05) is 0 Å².